The molecule has 184 valence electrons. The number of hydrogen-bond donors (Lipinski definition) is 1. The van der Waals surface area contributed by atoms with E-state index in [1.54, 1.807) is 4.90 Å². The molecule has 3 aromatic heterocycles. The number of amides is 1. The fraction of sp³-hybridized carbons (Fsp3) is 0.185. The second-order valence-corrected chi connectivity index (χ2v) is 8.90. The summed E-state index contributed by atoms with van der Waals surface area (Å²) in [7, 11) is 0. The molecule has 2 aromatic carbocycles. The van der Waals surface area contributed by atoms with E-state index >= 15 is 0 Å². The monoisotopic (exact) mass is 492 g/mol. The number of fused-ring (bicyclic) bond motifs is 1. The maximum atomic E-state index is 12.2. The van der Waals surface area contributed by atoms with E-state index in [0.717, 1.165) is 29.5 Å². The van der Waals surface area contributed by atoms with E-state index < -0.39 is 0 Å². The number of rotatable bonds is 5. The minimum absolute atomic E-state index is 0.0294. The molecule has 1 unspecified atom stereocenters. The highest BCUT2D eigenvalue weighted by molar-refractivity contribution is 5.98. The Hall–Kier alpha value is -4.86. The largest absolute Gasteiger partial charge is 0.383 e. The van der Waals surface area contributed by atoms with Gasteiger partial charge in [-0.2, -0.15) is 10.1 Å². The third kappa shape index (κ3) is 4.12. The second kappa shape index (κ2) is 9.30. The van der Waals surface area contributed by atoms with Crippen molar-refractivity contribution in [1.82, 2.24) is 34.8 Å². The number of nitrogens with two attached hydrogens (primary N) is 1. The summed E-state index contributed by atoms with van der Waals surface area (Å²) in [6.07, 6.45) is 4.54. The zero-order valence-electron chi connectivity index (χ0n) is 20.0. The lowest BCUT2D eigenvalue weighted by molar-refractivity contribution is -0.127. The quantitative estimate of drug-likeness (QED) is 0.363. The molecule has 2 N–H and O–H groups in total. The summed E-state index contributed by atoms with van der Waals surface area (Å²) in [4.78, 5) is 27.3. The van der Waals surface area contributed by atoms with Crippen LogP contribution in [-0.4, -0.2) is 53.8 Å². The van der Waals surface area contributed by atoms with Crippen molar-refractivity contribution in [3.8, 4) is 34.1 Å². The van der Waals surface area contributed by atoms with Gasteiger partial charge >= 0.3 is 0 Å². The van der Waals surface area contributed by atoms with E-state index in [-0.39, 0.29) is 11.9 Å². The van der Waals surface area contributed by atoms with Crippen LogP contribution in [0.1, 0.15) is 18.9 Å². The zero-order chi connectivity index (χ0) is 25.4. The lowest BCUT2D eigenvalue weighted by atomic mass is 10.1. The summed E-state index contributed by atoms with van der Waals surface area (Å²) in [5, 5.41) is 9.76. The molecule has 1 aliphatic rings. The topological polar surface area (TPSA) is 129 Å². The van der Waals surface area contributed by atoms with Gasteiger partial charge in [0.2, 0.25) is 11.7 Å². The van der Waals surface area contributed by atoms with Gasteiger partial charge in [-0.05, 0) is 31.1 Å². The van der Waals surface area contributed by atoms with Gasteiger partial charge in [-0.1, -0.05) is 54.2 Å². The van der Waals surface area contributed by atoms with Gasteiger partial charge in [0.15, 0.2) is 5.65 Å². The van der Waals surface area contributed by atoms with Gasteiger partial charge in [0.05, 0.1) is 11.4 Å². The van der Waals surface area contributed by atoms with Gasteiger partial charge in [0, 0.05) is 29.8 Å². The number of aromatic nitrogens is 6. The van der Waals surface area contributed by atoms with Gasteiger partial charge in [-0.25, -0.2) is 14.6 Å². The summed E-state index contributed by atoms with van der Waals surface area (Å²) in [5.74, 6) is 1.24. The summed E-state index contributed by atoms with van der Waals surface area (Å²) < 4.78 is 7.33. The van der Waals surface area contributed by atoms with Crippen LogP contribution >= 0.6 is 0 Å². The van der Waals surface area contributed by atoms with Crippen molar-refractivity contribution in [2.45, 2.75) is 18.9 Å². The van der Waals surface area contributed by atoms with Crippen molar-refractivity contribution in [3.63, 3.8) is 0 Å². The van der Waals surface area contributed by atoms with Gasteiger partial charge in [0.1, 0.15) is 17.8 Å². The first-order chi connectivity index (χ1) is 18.1. The summed E-state index contributed by atoms with van der Waals surface area (Å²) in [6.45, 7) is 4.85. The SMILES string of the molecule is C=CC(=O)N1CCCC(n2nc(-c3ccc(-c4noc(-c5ccccc5)n4)cc3)c3c(N)ncnc32)C1. The molecule has 1 aliphatic heterocycles. The third-order valence-electron chi connectivity index (χ3n) is 6.61. The fourth-order valence-corrected chi connectivity index (χ4v) is 4.75. The molecule has 0 saturated carbocycles. The predicted octanol–water partition coefficient (Wildman–Crippen LogP) is 4.14. The molecule has 10 nitrogen and oxygen atoms in total. The molecule has 6 rings (SSSR count). The molecule has 1 atom stereocenters. The molecule has 0 aliphatic carbocycles. The number of piperidine rings is 1. The molecular formula is C27H24N8O2. The minimum Gasteiger partial charge on any atom is -0.383 e. The summed E-state index contributed by atoms with van der Waals surface area (Å²) in [6, 6.07) is 17.3. The number of carbonyl (C=O) groups excluding carboxylic acids is 1. The van der Waals surface area contributed by atoms with Crippen molar-refractivity contribution in [3.05, 3.63) is 73.6 Å². The lowest BCUT2D eigenvalue weighted by Gasteiger charge is -2.32. The zero-order valence-corrected chi connectivity index (χ0v) is 20.0. The Bertz CT molecular complexity index is 1590. The van der Waals surface area contributed by atoms with E-state index in [1.807, 2.05) is 59.3 Å². The first kappa shape index (κ1) is 22.6. The Morgan fingerprint density at radius 2 is 1.84 bits per heavy atom. The first-order valence-corrected chi connectivity index (χ1v) is 12.0. The molecule has 0 spiro atoms. The standard InChI is InChI=1S/C27H24N8O2/c1-2-21(36)34-14-6-9-20(15-34)35-26-22(24(28)29-16-30-26)23(32-35)17-10-12-18(13-11-17)25-31-27(37-33-25)19-7-4-3-5-8-19/h2-5,7-8,10-13,16,20H,1,6,9,14-15H2,(H2,28,29,30). The number of likely N-dealkylation sites (tertiary alicyclic amines) is 1. The Balaban J connectivity index is 1.34. The van der Waals surface area contributed by atoms with Crippen molar-refractivity contribution in [1.29, 1.82) is 0 Å². The smallest absolute Gasteiger partial charge is 0.258 e. The Labute approximate surface area is 212 Å². The lowest BCUT2D eigenvalue weighted by Crippen LogP contribution is -2.40. The molecule has 0 radical (unpaired) electrons. The molecule has 0 bridgehead atoms. The Morgan fingerprint density at radius 1 is 1.05 bits per heavy atom. The van der Waals surface area contributed by atoms with Gasteiger partial charge < -0.3 is 15.2 Å². The number of carbonyl (C=O) groups is 1. The van der Waals surface area contributed by atoms with E-state index in [9.17, 15) is 4.79 Å². The van der Waals surface area contributed by atoms with Gasteiger partial charge in [-0.15, -0.1) is 0 Å². The second-order valence-electron chi connectivity index (χ2n) is 8.90. The average Bonchev–Trinajstić information content (AvgIpc) is 3.60. The highest BCUT2D eigenvalue weighted by Crippen LogP contribution is 2.34. The van der Waals surface area contributed by atoms with Crippen LogP contribution in [0.15, 0.2) is 78.1 Å². The highest BCUT2D eigenvalue weighted by atomic mass is 16.5. The molecule has 10 heteroatoms. The van der Waals surface area contributed by atoms with Gasteiger partial charge in [0.25, 0.3) is 5.89 Å². The number of nitrogens with zero attached hydrogens (tertiary/aromatic N) is 7. The van der Waals surface area contributed by atoms with Crippen molar-refractivity contribution < 1.29 is 9.32 Å². The van der Waals surface area contributed by atoms with Crippen LogP contribution in [0, 0.1) is 0 Å². The van der Waals surface area contributed by atoms with Gasteiger partial charge in [-0.3, -0.25) is 4.79 Å². The van der Waals surface area contributed by atoms with E-state index in [2.05, 4.69) is 26.7 Å². The first-order valence-electron chi connectivity index (χ1n) is 12.0. The summed E-state index contributed by atoms with van der Waals surface area (Å²) in [5.41, 5.74) is 10.2. The molecule has 5 aromatic rings. The number of anilines is 1. The van der Waals surface area contributed by atoms with Crippen LogP contribution in [0.25, 0.3) is 45.1 Å². The number of hydrogen-bond acceptors (Lipinski definition) is 8. The Morgan fingerprint density at radius 3 is 2.62 bits per heavy atom. The predicted molar refractivity (Wildman–Crippen MR) is 139 cm³/mol. The molecule has 1 fully saturated rings. The molecule has 37 heavy (non-hydrogen) atoms. The molecule has 1 saturated heterocycles. The van der Waals surface area contributed by atoms with E-state index in [1.165, 1.54) is 12.4 Å². The number of benzene rings is 2. The Kier molecular flexibility index (Phi) is 5.68. The molecule has 4 heterocycles. The van der Waals surface area contributed by atoms with Crippen molar-refractivity contribution >= 4 is 22.8 Å². The van der Waals surface area contributed by atoms with Crippen LogP contribution in [0.2, 0.25) is 0 Å². The maximum absolute atomic E-state index is 12.2. The average molecular weight is 493 g/mol. The minimum atomic E-state index is -0.0806. The highest BCUT2D eigenvalue weighted by Gasteiger charge is 2.28. The third-order valence-corrected chi connectivity index (χ3v) is 6.61. The van der Waals surface area contributed by atoms with E-state index in [0.29, 0.717) is 47.3 Å². The van der Waals surface area contributed by atoms with Crippen LogP contribution < -0.4 is 5.73 Å². The van der Waals surface area contributed by atoms with E-state index in [4.69, 9.17) is 15.4 Å². The fourth-order valence-electron chi connectivity index (χ4n) is 4.75. The van der Waals surface area contributed by atoms with Crippen LogP contribution in [-0.2, 0) is 4.79 Å². The van der Waals surface area contributed by atoms with Crippen LogP contribution in [0.3, 0.4) is 0 Å². The molecule has 1 amide bonds. The van der Waals surface area contributed by atoms with Crippen LogP contribution in [0.4, 0.5) is 5.82 Å². The van der Waals surface area contributed by atoms with Crippen molar-refractivity contribution in [2.24, 2.45) is 0 Å². The van der Waals surface area contributed by atoms with Crippen LogP contribution in [0.5, 0.6) is 0 Å². The van der Waals surface area contributed by atoms with Crippen molar-refractivity contribution in [2.75, 3.05) is 18.8 Å². The normalized spacial score (nSPS) is 15.7. The summed E-state index contributed by atoms with van der Waals surface area (Å²) >= 11 is 0. The maximum Gasteiger partial charge on any atom is 0.258 e. The number of nitrogen functional groups attached to an aromatic ring is 1. The molecular weight excluding hydrogens is 468 g/mol.